The van der Waals surface area contributed by atoms with Crippen LogP contribution >= 0.6 is 0 Å². The van der Waals surface area contributed by atoms with Crippen molar-refractivity contribution < 1.29 is 9.59 Å². The van der Waals surface area contributed by atoms with Crippen LogP contribution in [-0.2, 0) is 9.59 Å². The van der Waals surface area contributed by atoms with E-state index in [-0.39, 0.29) is 12.1 Å². The molecular formula is C17H17N5O2. The highest BCUT2D eigenvalue weighted by Gasteiger charge is 2.34. The highest BCUT2D eigenvalue weighted by atomic mass is 16.2. The van der Waals surface area contributed by atoms with Crippen LogP contribution < -0.4 is 16.1 Å². The Hall–Kier alpha value is -3.22. The summed E-state index contributed by atoms with van der Waals surface area (Å²) in [7, 11) is 0. The molecular weight excluding hydrogens is 306 g/mol. The fourth-order valence-corrected chi connectivity index (χ4v) is 2.49. The first-order chi connectivity index (χ1) is 11.5. The molecule has 1 aliphatic rings. The maximum atomic E-state index is 12.4. The lowest BCUT2D eigenvalue weighted by atomic mass is 10.1. The normalized spacial score (nSPS) is 16.6. The molecule has 3 rings (SSSR count). The number of anilines is 2. The van der Waals surface area contributed by atoms with Gasteiger partial charge < -0.3 is 11.1 Å². The maximum Gasteiger partial charge on any atom is 0.273 e. The summed E-state index contributed by atoms with van der Waals surface area (Å²) in [5.74, 6) is -0.478. The van der Waals surface area contributed by atoms with Gasteiger partial charge in [-0.15, -0.1) is 0 Å². The lowest BCUT2D eigenvalue weighted by Crippen LogP contribution is -2.39. The number of rotatable bonds is 4. The van der Waals surface area contributed by atoms with Gasteiger partial charge in [0.05, 0.1) is 5.69 Å². The van der Waals surface area contributed by atoms with Crippen molar-refractivity contribution in [1.29, 1.82) is 0 Å². The molecule has 1 aromatic carbocycles. The van der Waals surface area contributed by atoms with Crippen molar-refractivity contribution in [2.24, 2.45) is 10.8 Å². The van der Waals surface area contributed by atoms with Gasteiger partial charge in [-0.3, -0.25) is 14.6 Å². The Morgan fingerprint density at radius 2 is 1.92 bits per heavy atom. The van der Waals surface area contributed by atoms with Crippen LogP contribution in [0.5, 0.6) is 0 Å². The van der Waals surface area contributed by atoms with E-state index in [2.05, 4.69) is 15.4 Å². The molecule has 122 valence electrons. The molecule has 0 spiro atoms. The van der Waals surface area contributed by atoms with Crippen molar-refractivity contribution in [3.05, 3.63) is 54.2 Å². The monoisotopic (exact) mass is 323 g/mol. The number of primary amides is 1. The molecule has 1 aromatic heterocycles. The molecule has 2 amide bonds. The Morgan fingerprint density at radius 1 is 1.17 bits per heavy atom. The number of amides is 2. The summed E-state index contributed by atoms with van der Waals surface area (Å²) in [5, 5.41) is 8.47. The summed E-state index contributed by atoms with van der Waals surface area (Å²) in [4.78, 5) is 28.4. The van der Waals surface area contributed by atoms with Crippen molar-refractivity contribution in [2.75, 3.05) is 10.3 Å². The van der Waals surface area contributed by atoms with Gasteiger partial charge in [-0.2, -0.15) is 5.10 Å². The first-order valence-corrected chi connectivity index (χ1v) is 7.50. The van der Waals surface area contributed by atoms with E-state index in [9.17, 15) is 9.59 Å². The fourth-order valence-electron chi connectivity index (χ4n) is 2.49. The van der Waals surface area contributed by atoms with E-state index in [1.165, 1.54) is 5.01 Å². The Kier molecular flexibility index (Phi) is 4.24. The zero-order valence-corrected chi connectivity index (χ0v) is 13.1. The number of para-hydroxylation sites is 1. The molecule has 0 saturated heterocycles. The topological polar surface area (TPSA) is 101 Å². The number of benzene rings is 1. The zero-order chi connectivity index (χ0) is 17.1. The molecule has 1 aliphatic heterocycles. The van der Waals surface area contributed by atoms with Crippen LogP contribution in [0.25, 0.3) is 0 Å². The standard InChI is InChI=1S/C17H17N5O2/c1-11-6-5-9-15(19-11)20-17(24)13-10-14(16(18)23)22(21-13)12-7-3-2-4-8-12/h2-9,14H,10H2,1H3,(H2,18,23)(H,19,20,24). The molecule has 7 heteroatoms. The van der Waals surface area contributed by atoms with Crippen LogP contribution in [-0.4, -0.2) is 28.6 Å². The highest BCUT2D eigenvalue weighted by Crippen LogP contribution is 2.24. The number of nitrogens with two attached hydrogens (primary N) is 1. The van der Waals surface area contributed by atoms with Gasteiger partial charge in [0.15, 0.2) is 0 Å². The fraction of sp³-hybridized carbons (Fsp3) is 0.176. The quantitative estimate of drug-likeness (QED) is 0.889. The van der Waals surface area contributed by atoms with E-state index in [0.29, 0.717) is 11.5 Å². The van der Waals surface area contributed by atoms with Crippen LogP contribution in [0.3, 0.4) is 0 Å². The predicted molar refractivity (Wildman–Crippen MR) is 91.6 cm³/mol. The molecule has 0 aliphatic carbocycles. The minimum absolute atomic E-state index is 0.155. The molecule has 0 saturated carbocycles. The van der Waals surface area contributed by atoms with Crippen LogP contribution in [0, 0.1) is 6.92 Å². The number of nitrogens with zero attached hydrogens (tertiary/aromatic N) is 3. The summed E-state index contributed by atoms with van der Waals surface area (Å²) in [6, 6.07) is 13.8. The Labute approximate surface area is 139 Å². The summed E-state index contributed by atoms with van der Waals surface area (Å²) in [6.07, 6.45) is 0.155. The molecule has 0 radical (unpaired) electrons. The lowest BCUT2D eigenvalue weighted by molar-refractivity contribution is -0.119. The molecule has 1 atom stereocenters. The number of nitrogens with one attached hydrogen (secondary N) is 1. The average molecular weight is 323 g/mol. The van der Waals surface area contributed by atoms with Crippen molar-refractivity contribution in [3.63, 3.8) is 0 Å². The van der Waals surface area contributed by atoms with Gasteiger partial charge in [0.2, 0.25) is 5.91 Å². The lowest BCUT2D eigenvalue weighted by Gasteiger charge is -2.20. The molecule has 7 nitrogen and oxygen atoms in total. The van der Waals surface area contributed by atoms with Gasteiger partial charge in [-0.25, -0.2) is 4.98 Å². The third-order valence-corrected chi connectivity index (χ3v) is 3.65. The second-order valence-electron chi connectivity index (χ2n) is 5.47. The van der Waals surface area contributed by atoms with Gasteiger partial charge >= 0.3 is 0 Å². The largest absolute Gasteiger partial charge is 0.368 e. The van der Waals surface area contributed by atoms with E-state index < -0.39 is 17.9 Å². The number of pyridine rings is 1. The van der Waals surface area contributed by atoms with E-state index in [4.69, 9.17) is 5.73 Å². The number of hydrazone groups is 1. The number of carbonyl (C=O) groups excluding carboxylic acids is 2. The van der Waals surface area contributed by atoms with Crippen molar-refractivity contribution in [1.82, 2.24) is 4.98 Å². The number of hydrogen-bond acceptors (Lipinski definition) is 5. The second-order valence-corrected chi connectivity index (χ2v) is 5.47. The summed E-state index contributed by atoms with van der Waals surface area (Å²) < 4.78 is 0. The minimum atomic E-state index is -0.682. The molecule has 24 heavy (non-hydrogen) atoms. The molecule has 1 unspecified atom stereocenters. The highest BCUT2D eigenvalue weighted by molar-refractivity contribution is 6.44. The van der Waals surface area contributed by atoms with Crippen molar-refractivity contribution >= 4 is 29.0 Å². The second kappa shape index (κ2) is 6.49. The molecule has 3 N–H and O–H groups in total. The zero-order valence-electron chi connectivity index (χ0n) is 13.1. The maximum absolute atomic E-state index is 12.4. The third-order valence-electron chi connectivity index (χ3n) is 3.65. The molecule has 0 bridgehead atoms. The third kappa shape index (κ3) is 3.24. The van der Waals surface area contributed by atoms with E-state index in [0.717, 1.165) is 5.69 Å². The number of hydrogen-bond donors (Lipinski definition) is 2. The van der Waals surface area contributed by atoms with Crippen LogP contribution in [0.4, 0.5) is 11.5 Å². The number of carbonyl (C=O) groups is 2. The van der Waals surface area contributed by atoms with Gasteiger partial charge in [0.1, 0.15) is 17.6 Å². The smallest absolute Gasteiger partial charge is 0.273 e. The summed E-state index contributed by atoms with van der Waals surface area (Å²) in [6.45, 7) is 1.84. The Balaban J connectivity index is 1.82. The summed E-state index contributed by atoms with van der Waals surface area (Å²) in [5.41, 5.74) is 7.20. The van der Waals surface area contributed by atoms with E-state index >= 15 is 0 Å². The first kappa shape index (κ1) is 15.7. The number of aryl methyl sites for hydroxylation is 1. The van der Waals surface area contributed by atoms with E-state index in [1.54, 1.807) is 12.1 Å². The minimum Gasteiger partial charge on any atom is -0.368 e. The van der Waals surface area contributed by atoms with Crippen molar-refractivity contribution in [3.8, 4) is 0 Å². The SMILES string of the molecule is Cc1cccc(NC(=O)C2=NN(c3ccccc3)C(C(N)=O)C2)n1. The van der Waals surface area contributed by atoms with Crippen LogP contribution in [0.1, 0.15) is 12.1 Å². The molecule has 2 heterocycles. The predicted octanol–water partition coefficient (Wildman–Crippen LogP) is 1.45. The van der Waals surface area contributed by atoms with E-state index in [1.807, 2.05) is 43.3 Å². The van der Waals surface area contributed by atoms with Gasteiger partial charge in [0, 0.05) is 12.1 Å². The first-order valence-electron chi connectivity index (χ1n) is 7.50. The van der Waals surface area contributed by atoms with Crippen LogP contribution in [0.2, 0.25) is 0 Å². The number of aromatic nitrogens is 1. The molecule has 0 fully saturated rings. The summed E-state index contributed by atoms with van der Waals surface area (Å²) >= 11 is 0. The van der Waals surface area contributed by atoms with Gasteiger partial charge in [-0.1, -0.05) is 24.3 Å². The van der Waals surface area contributed by atoms with Gasteiger partial charge in [-0.05, 0) is 31.2 Å². The Bertz CT molecular complexity index is 804. The average Bonchev–Trinajstić information content (AvgIpc) is 3.01. The van der Waals surface area contributed by atoms with Crippen LogP contribution in [0.15, 0.2) is 53.6 Å². The molecule has 2 aromatic rings. The van der Waals surface area contributed by atoms with Gasteiger partial charge in [0.25, 0.3) is 5.91 Å². The Morgan fingerprint density at radius 3 is 2.58 bits per heavy atom. The van der Waals surface area contributed by atoms with Crippen molar-refractivity contribution in [2.45, 2.75) is 19.4 Å².